The van der Waals surface area contributed by atoms with E-state index in [9.17, 15) is 19.2 Å². The summed E-state index contributed by atoms with van der Waals surface area (Å²) in [6, 6.07) is 6.48. The van der Waals surface area contributed by atoms with Crippen LogP contribution in [0.4, 0.5) is 16.2 Å². The van der Waals surface area contributed by atoms with Crippen molar-refractivity contribution in [2.45, 2.75) is 38.1 Å². The van der Waals surface area contributed by atoms with E-state index in [0.29, 0.717) is 18.7 Å². The molecule has 142 valence electrons. The molecule has 1 saturated carbocycles. The molecule has 0 spiro atoms. The van der Waals surface area contributed by atoms with Crippen molar-refractivity contribution in [1.82, 2.24) is 10.2 Å². The topological polar surface area (TPSA) is 98.8 Å². The number of carbonyl (C=O) groups excluding carboxylic acids is 4. The van der Waals surface area contributed by atoms with Gasteiger partial charge in [-0.2, -0.15) is 0 Å². The number of nitrogens with zero attached hydrogens (tertiary/aromatic N) is 2. The maximum Gasteiger partial charge on any atom is 0.325 e. The summed E-state index contributed by atoms with van der Waals surface area (Å²) in [5.74, 6) is -0.584. The molecule has 1 aromatic carbocycles. The maximum atomic E-state index is 12.6. The molecule has 8 nitrogen and oxygen atoms in total. The van der Waals surface area contributed by atoms with Gasteiger partial charge in [0.25, 0.3) is 5.91 Å². The van der Waals surface area contributed by atoms with E-state index in [1.165, 1.54) is 0 Å². The number of anilines is 2. The van der Waals surface area contributed by atoms with Gasteiger partial charge in [0.15, 0.2) is 0 Å². The number of imide groups is 1. The van der Waals surface area contributed by atoms with Gasteiger partial charge in [0.2, 0.25) is 11.8 Å². The SMILES string of the molecule is C[C@@]1(C2CC2)NC(=O)N(CC(=O)Nc2cccc(N3CCCC3=O)c2)C1=O. The standard InChI is InChI=1S/C19H22N4O4/c1-19(12-7-8-12)17(26)23(18(27)21-19)11-15(24)20-13-4-2-5-14(10-13)22-9-3-6-16(22)25/h2,4-5,10,12H,3,6-9,11H2,1H3,(H,20,24)(H,21,27)/t19-/m0/s1. The van der Waals surface area contributed by atoms with Crippen molar-refractivity contribution < 1.29 is 19.2 Å². The molecule has 2 N–H and O–H groups in total. The summed E-state index contributed by atoms with van der Waals surface area (Å²) in [7, 11) is 0. The quantitative estimate of drug-likeness (QED) is 0.767. The van der Waals surface area contributed by atoms with E-state index in [2.05, 4.69) is 10.6 Å². The molecule has 1 aromatic rings. The molecule has 8 heteroatoms. The normalized spacial score (nSPS) is 25.1. The van der Waals surface area contributed by atoms with Crippen LogP contribution < -0.4 is 15.5 Å². The number of carbonyl (C=O) groups is 4. The van der Waals surface area contributed by atoms with Gasteiger partial charge in [0, 0.05) is 24.3 Å². The lowest BCUT2D eigenvalue weighted by molar-refractivity contribution is -0.134. The molecule has 0 bridgehead atoms. The minimum Gasteiger partial charge on any atom is -0.324 e. The molecule has 4 rings (SSSR count). The van der Waals surface area contributed by atoms with Gasteiger partial charge in [-0.15, -0.1) is 0 Å². The third kappa shape index (κ3) is 3.15. The molecule has 1 atom stereocenters. The Bertz CT molecular complexity index is 835. The second-order valence-electron chi connectivity index (χ2n) is 7.55. The Kier molecular flexibility index (Phi) is 4.13. The highest BCUT2D eigenvalue weighted by Gasteiger charge is 2.56. The lowest BCUT2D eigenvalue weighted by Gasteiger charge is -2.21. The van der Waals surface area contributed by atoms with Gasteiger partial charge >= 0.3 is 6.03 Å². The number of nitrogens with one attached hydrogen (secondary N) is 2. The minimum atomic E-state index is -0.895. The monoisotopic (exact) mass is 370 g/mol. The summed E-state index contributed by atoms with van der Waals surface area (Å²) >= 11 is 0. The first-order valence-electron chi connectivity index (χ1n) is 9.23. The van der Waals surface area contributed by atoms with E-state index in [0.717, 1.165) is 29.8 Å². The first-order valence-corrected chi connectivity index (χ1v) is 9.23. The molecule has 27 heavy (non-hydrogen) atoms. The largest absolute Gasteiger partial charge is 0.325 e. The van der Waals surface area contributed by atoms with Crippen LogP contribution in [0, 0.1) is 5.92 Å². The number of urea groups is 1. The van der Waals surface area contributed by atoms with Crippen molar-refractivity contribution in [2.75, 3.05) is 23.3 Å². The Morgan fingerprint density at radius 2 is 2.07 bits per heavy atom. The van der Waals surface area contributed by atoms with Gasteiger partial charge in [-0.05, 0) is 50.3 Å². The van der Waals surface area contributed by atoms with Crippen LogP contribution >= 0.6 is 0 Å². The molecule has 2 heterocycles. The highest BCUT2D eigenvalue weighted by atomic mass is 16.2. The molecule has 0 radical (unpaired) electrons. The number of rotatable bonds is 5. The zero-order valence-electron chi connectivity index (χ0n) is 15.2. The highest BCUT2D eigenvalue weighted by molar-refractivity contribution is 6.10. The second kappa shape index (κ2) is 6.37. The fourth-order valence-electron chi connectivity index (χ4n) is 3.81. The Hall–Kier alpha value is -2.90. The lowest BCUT2D eigenvalue weighted by atomic mass is 9.96. The third-order valence-corrected chi connectivity index (χ3v) is 5.51. The predicted molar refractivity (Wildman–Crippen MR) is 98.0 cm³/mol. The first-order chi connectivity index (χ1) is 12.9. The molecule has 0 aromatic heterocycles. The van der Waals surface area contributed by atoms with Gasteiger partial charge in [0.05, 0.1) is 0 Å². The summed E-state index contributed by atoms with van der Waals surface area (Å²) in [4.78, 5) is 51.7. The third-order valence-electron chi connectivity index (χ3n) is 5.51. The van der Waals surface area contributed by atoms with Gasteiger partial charge in [-0.25, -0.2) is 4.79 Å². The Balaban J connectivity index is 1.42. The molecular formula is C19H22N4O4. The van der Waals surface area contributed by atoms with Crippen molar-refractivity contribution >= 4 is 35.1 Å². The average Bonchev–Trinajstić information content (AvgIpc) is 3.37. The number of benzene rings is 1. The predicted octanol–water partition coefficient (Wildman–Crippen LogP) is 1.47. The van der Waals surface area contributed by atoms with E-state index < -0.39 is 17.5 Å². The molecule has 5 amide bonds. The number of amides is 5. The summed E-state index contributed by atoms with van der Waals surface area (Å²) < 4.78 is 0. The van der Waals surface area contributed by atoms with E-state index in [1.807, 2.05) is 6.07 Å². The molecular weight excluding hydrogens is 348 g/mol. The van der Waals surface area contributed by atoms with Crippen LogP contribution in [0.2, 0.25) is 0 Å². The van der Waals surface area contributed by atoms with Crippen molar-refractivity contribution in [2.24, 2.45) is 5.92 Å². The van der Waals surface area contributed by atoms with Gasteiger partial charge in [-0.1, -0.05) is 6.07 Å². The lowest BCUT2D eigenvalue weighted by Crippen LogP contribution is -2.46. The van der Waals surface area contributed by atoms with Crippen LogP contribution in [0.3, 0.4) is 0 Å². The zero-order valence-corrected chi connectivity index (χ0v) is 15.2. The van der Waals surface area contributed by atoms with Crippen LogP contribution in [-0.2, 0) is 14.4 Å². The fourth-order valence-corrected chi connectivity index (χ4v) is 3.81. The maximum absolute atomic E-state index is 12.6. The highest BCUT2D eigenvalue weighted by Crippen LogP contribution is 2.42. The second-order valence-corrected chi connectivity index (χ2v) is 7.55. The van der Waals surface area contributed by atoms with E-state index >= 15 is 0 Å². The summed E-state index contributed by atoms with van der Waals surface area (Å²) in [5, 5.41) is 5.44. The van der Waals surface area contributed by atoms with E-state index in [4.69, 9.17) is 0 Å². The fraction of sp³-hybridized carbons (Fsp3) is 0.474. The molecule has 1 aliphatic carbocycles. The minimum absolute atomic E-state index is 0.0668. The molecule has 0 unspecified atom stereocenters. The molecule has 3 fully saturated rings. The van der Waals surface area contributed by atoms with Crippen molar-refractivity contribution in [3.8, 4) is 0 Å². The van der Waals surface area contributed by atoms with Crippen LogP contribution in [0.1, 0.15) is 32.6 Å². The molecule has 3 aliphatic rings. The van der Waals surface area contributed by atoms with Crippen LogP contribution in [0.15, 0.2) is 24.3 Å². The molecule has 2 saturated heterocycles. The van der Waals surface area contributed by atoms with Crippen molar-refractivity contribution in [1.29, 1.82) is 0 Å². The number of hydrogen-bond donors (Lipinski definition) is 2. The Morgan fingerprint density at radius 1 is 1.30 bits per heavy atom. The van der Waals surface area contributed by atoms with Crippen molar-refractivity contribution in [3.63, 3.8) is 0 Å². The van der Waals surface area contributed by atoms with Gasteiger partial charge in [-0.3, -0.25) is 19.3 Å². The first kappa shape index (κ1) is 17.5. The van der Waals surface area contributed by atoms with Crippen LogP contribution in [0.25, 0.3) is 0 Å². The Morgan fingerprint density at radius 3 is 2.74 bits per heavy atom. The van der Waals surface area contributed by atoms with Crippen molar-refractivity contribution in [3.05, 3.63) is 24.3 Å². The van der Waals surface area contributed by atoms with Crippen LogP contribution in [0.5, 0.6) is 0 Å². The van der Waals surface area contributed by atoms with Gasteiger partial charge < -0.3 is 15.5 Å². The summed E-state index contributed by atoms with van der Waals surface area (Å²) in [6.45, 7) is 2.05. The van der Waals surface area contributed by atoms with E-state index in [1.54, 1.807) is 30.0 Å². The average molecular weight is 370 g/mol. The summed E-state index contributed by atoms with van der Waals surface area (Å²) in [5.41, 5.74) is 0.355. The smallest absolute Gasteiger partial charge is 0.324 e. The number of hydrogen-bond acceptors (Lipinski definition) is 4. The zero-order chi connectivity index (χ0) is 19.2. The summed E-state index contributed by atoms with van der Waals surface area (Å²) in [6.07, 6.45) is 3.17. The Labute approximate surface area is 156 Å². The van der Waals surface area contributed by atoms with E-state index in [-0.39, 0.29) is 24.3 Å². The van der Waals surface area contributed by atoms with Gasteiger partial charge in [0.1, 0.15) is 12.1 Å². The van der Waals surface area contributed by atoms with Crippen LogP contribution in [-0.4, -0.2) is 47.3 Å². The molecule has 2 aliphatic heterocycles.